The van der Waals surface area contributed by atoms with Crippen LogP contribution in [0.5, 0.6) is 0 Å². The van der Waals surface area contributed by atoms with E-state index in [0.29, 0.717) is 11.6 Å². The first-order chi connectivity index (χ1) is 11.8. The van der Waals surface area contributed by atoms with Gasteiger partial charge in [-0.05, 0) is 57.4 Å². The van der Waals surface area contributed by atoms with Crippen LogP contribution in [-0.2, 0) is 11.3 Å². The van der Waals surface area contributed by atoms with Crippen LogP contribution in [0.1, 0.15) is 37.1 Å². The maximum absolute atomic E-state index is 12.4. The van der Waals surface area contributed by atoms with Crippen LogP contribution >= 0.6 is 0 Å². The Bertz CT molecular complexity index is 806. The fourth-order valence-electron chi connectivity index (χ4n) is 2.61. The summed E-state index contributed by atoms with van der Waals surface area (Å²) in [7, 11) is 0. The van der Waals surface area contributed by atoms with Crippen LogP contribution in [0.4, 0.5) is 11.6 Å². The Labute approximate surface area is 148 Å². The average Bonchev–Trinajstić information content (AvgIpc) is 2.49. The zero-order chi connectivity index (χ0) is 18.6. The van der Waals surface area contributed by atoms with Gasteiger partial charge in [-0.25, -0.2) is 4.98 Å². The van der Waals surface area contributed by atoms with Crippen molar-refractivity contribution >= 4 is 17.5 Å². The molecule has 134 valence electrons. The molecule has 6 heteroatoms. The molecule has 25 heavy (non-hydrogen) atoms. The fourth-order valence-corrected chi connectivity index (χ4v) is 2.61. The molecule has 1 heterocycles. The molecule has 0 saturated carbocycles. The highest BCUT2D eigenvalue weighted by Crippen LogP contribution is 2.18. The summed E-state index contributed by atoms with van der Waals surface area (Å²) in [4.78, 5) is 29.0. The quantitative estimate of drug-likeness (QED) is 0.846. The summed E-state index contributed by atoms with van der Waals surface area (Å²) >= 11 is 0. The maximum Gasteiger partial charge on any atom is 0.255 e. The Morgan fingerprint density at radius 2 is 1.80 bits per heavy atom. The number of carbonyl (C=O) groups is 1. The summed E-state index contributed by atoms with van der Waals surface area (Å²) < 4.78 is 1.36. The molecular weight excluding hydrogens is 316 g/mol. The van der Waals surface area contributed by atoms with Gasteiger partial charge in [-0.2, -0.15) is 0 Å². The number of rotatable bonds is 6. The highest BCUT2D eigenvalue weighted by molar-refractivity contribution is 5.76. The molecular formula is C19H26N4O2. The minimum atomic E-state index is -0.251. The first kappa shape index (κ1) is 18.7. The lowest BCUT2D eigenvalue weighted by molar-refractivity contribution is -0.122. The van der Waals surface area contributed by atoms with E-state index in [9.17, 15) is 9.59 Å². The predicted octanol–water partition coefficient (Wildman–Crippen LogP) is 2.83. The van der Waals surface area contributed by atoms with Crippen molar-refractivity contribution in [2.45, 2.75) is 53.6 Å². The second-order valence-corrected chi connectivity index (χ2v) is 6.52. The van der Waals surface area contributed by atoms with Crippen molar-refractivity contribution in [2.24, 2.45) is 0 Å². The molecule has 2 rings (SSSR count). The SMILES string of the molecule is CCC(C)NC(=O)Cn1c(Nc2cc(C)cc(C)c2)nc(C)cc1=O. The average molecular weight is 342 g/mol. The highest BCUT2D eigenvalue weighted by atomic mass is 16.2. The zero-order valence-electron chi connectivity index (χ0n) is 15.5. The van der Waals surface area contributed by atoms with E-state index < -0.39 is 0 Å². The van der Waals surface area contributed by atoms with Crippen LogP contribution in [0.15, 0.2) is 29.1 Å². The first-order valence-electron chi connectivity index (χ1n) is 8.51. The topological polar surface area (TPSA) is 76.0 Å². The molecule has 6 nitrogen and oxygen atoms in total. The normalized spacial score (nSPS) is 11.9. The lowest BCUT2D eigenvalue weighted by Crippen LogP contribution is -2.37. The van der Waals surface area contributed by atoms with Crippen molar-refractivity contribution < 1.29 is 4.79 Å². The van der Waals surface area contributed by atoms with Crippen LogP contribution in [0.3, 0.4) is 0 Å². The van der Waals surface area contributed by atoms with E-state index in [2.05, 4.69) is 21.7 Å². The molecule has 0 aliphatic heterocycles. The molecule has 0 aliphatic rings. The molecule has 0 fully saturated rings. The van der Waals surface area contributed by atoms with Gasteiger partial charge >= 0.3 is 0 Å². The molecule has 0 bridgehead atoms. The van der Waals surface area contributed by atoms with Gasteiger partial charge in [0.05, 0.1) is 0 Å². The monoisotopic (exact) mass is 342 g/mol. The lowest BCUT2D eigenvalue weighted by atomic mass is 10.1. The third kappa shape index (κ3) is 5.17. The number of amides is 1. The van der Waals surface area contributed by atoms with E-state index in [-0.39, 0.29) is 24.1 Å². The van der Waals surface area contributed by atoms with Crippen molar-refractivity contribution in [3.8, 4) is 0 Å². The maximum atomic E-state index is 12.4. The molecule has 0 radical (unpaired) electrons. The van der Waals surface area contributed by atoms with E-state index in [0.717, 1.165) is 23.2 Å². The van der Waals surface area contributed by atoms with E-state index in [1.54, 1.807) is 6.92 Å². The lowest BCUT2D eigenvalue weighted by Gasteiger charge is -2.16. The number of aromatic nitrogens is 2. The van der Waals surface area contributed by atoms with E-state index in [1.165, 1.54) is 10.6 Å². The van der Waals surface area contributed by atoms with Gasteiger partial charge in [0.15, 0.2) is 0 Å². The van der Waals surface area contributed by atoms with Crippen LogP contribution in [-0.4, -0.2) is 21.5 Å². The van der Waals surface area contributed by atoms with E-state index >= 15 is 0 Å². The van der Waals surface area contributed by atoms with Crippen LogP contribution in [0.2, 0.25) is 0 Å². The molecule has 1 aromatic heterocycles. The highest BCUT2D eigenvalue weighted by Gasteiger charge is 2.13. The summed E-state index contributed by atoms with van der Waals surface area (Å²) in [5.41, 5.74) is 3.41. The first-order valence-corrected chi connectivity index (χ1v) is 8.51. The van der Waals surface area contributed by atoms with Gasteiger partial charge in [-0.3, -0.25) is 14.2 Å². The molecule has 1 unspecified atom stereocenters. The van der Waals surface area contributed by atoms with Gasteiger partial charge in [0.25, 0.3) is 5.56 Å². The number of aryl methyl sites for hydroxylation is 3. The third-order valence-corrected chi connectivity index (χ3v) is 3.94. The molecule has 2 aromatic rings. The van der Waals surface area contributed by atoms with Gasteiger partial charge in [0, 0.05) is 23.5 Å². The number of hydrogen-bond donors (Lipinski definition) is 2. The molecule has 1 amide bonds. The Kier molecular flexibility index (Phi) is 5.96. The van der Waals surface area contributed by atoms with Crippen molar-refractivity contribution in [3.63, 3.8) is 0 Å². The number of benzene rings is 1. The molecule has 0 saturated heterocycles. The Hall–Kier alpha value is -2.63. The van der Waals surface area contributed by atoms with Gasteiger partial charge in [-0.15, -0.1) is 0 Å². The number of anilines is 2. The second kappa shape index (κ2) is 7.96. The van der Waals surface area contributed by atoms with Crippen LogP contribution in [0, 0.1) is 20.8 Å². The Balaban J connectivity index is 2.33. The number of hydrogen-bond acceptors (Lipinski definition) is 4. The summed E-state index contributed by atoms with van der Waals surface area (Å²) in [6, 6.07) is 7.53. The number of nitrogens with one attached hydrogen (secondary N) is 2. The predicted molar refractivity (Wildman–Crippen MR) is 100 cm³/mol. The van der Waals surface area contributed by atoms with Gasteiger partial charge in [-0.1, -0.05) is 13.0 Å². The van der Waals surface area contributed by atoms with Crippen molar-refractivity contribution in [1.82, 2.24) is 14.9 Å². The molecule has 1 atom stereocenters. The van der Waals surface area contributed by atoms with Crippen LogP contribution < -0.4 is 16.2 Å². The number of carbonyl (C=O) groups excluding carboxylic acids is 1. The largest absolute Gasteiger partial charge is 0.352 e. The van der Waals surface area contributed by atoms with Crippen molar-refractivity contribution in [1.29, 1.82) is 0 Å². The molecule has 0 spiro atoms. The number of nitrogens with zero attached hydrogens (tertiary/aromatic N) is 2. The summed E-state index contributed by atoms with van der Waals surface area (Å²) in [5.74, 6) is 0.167. The fraction of sp³-hybridized carbons (Fsp3) is 0.421. The van der Waals surface area contributed by atoms with Crippen LogP contribution in [0.25, 0.3) is 0 Å². The minimum Gasteiger partial charge on any atom is -0.352 e. The van der Waals surface area contributed by atoms with Crippen molar-refractivity contribution in [3.05, 3.63) is 51.4 Å². The summed E-state index contributed by atoms with van der Waals surface area (Å²) in [6.45, 7) is 9.64. The molecule has 1 aromatic carbocycles. The van der Waals surface area contributed by atoms with Gasteiger partial charge in [0.1, 0.15) is 6.54 Å². The van der Waals surface area contributed by atoms with E-state index in [4.69, 9.17) is 0 Å². The van der Waals surface area contributed by atoms with Gasteiger partial charge in [0.2, 0.25) is 11.9 Å². The standard InChI is InChI=1S/C19H26N4O2/c1-6-14(4)20-17(24)11-23-18(25)10-15(5)21-19(23)22-16-8-12(2)7-13(3)9-16/h7-10,14H,6,11H2,1-5H3,(H,20,24)(H,21,22). The minimum absolute atomic E-state index is 0.0659. The molecule has 2 N–H and O–H groups in total. The van der Waals surface area contributed by atoms with Gasteiger partial charge < -0.3 is 10.6 Å². The Morgan fingerprint density at radius 3 is 2.40 bits per heavy atom. The zero-order valence-corrected chi connectivity index (χ0v) is 15.5. The van der Waals surface area contributed by atoms with E-state index in [1.807, 2.05) is 39.8 Å². The third-order valence-electron chi connectivity index (χ3n) is 3.94. The smallest absolute Gasteiger partial charge is 0.255 e. The summed E-state index contributed by atoms with van der Waals surface area (Å²) in [6.07, 6.45) is 0.834. The summed E-state index contributed by atoms with van der Waals surface area (Å²) in [5, 5.41) is 6.06. The Morgan fingerprint density at radius 1 is 1.16 bits per heavy atom. The second-order valence-electron chi connectivity index (χ2n) is 6.52. The molecule has 0 aliphatic carbocycles. The van der Waals surface area contributed by atoms with Crippen molar-refractivity contribution in [2.75, 3.05) is 5.32 Å².